The second-order valence-electron chi connectivity index (χ2n) is 4.71. The highest BCUT2D eigenvalue weighted by Gasteiger charge is 2.20. The Labute approximate surface area is 122 Å². The zero-order valence-corrected chi connectivity index (χ0v) is 13.0. The molecule has 2 aromatic rings. The van der Waals surface area contributed by atoms with Crippen LogP contribution in [0.1, 0.15) is 35.3 Å². The van der Waals surface area contributed by atoms with E-state index in [9.17, 15) is 0 Å². The smallest absolute Gasteiger partial charge is 0.0890 e. The molecule has 5 heteroatoms. The molecule has 19 heavy (non-hydrogen) atoms. The minimum Gasteiger partial charge on any atom is -0.271 e. The van der Waals surface area contributed by atoms with E-state index in [1.165, 1.54) is 11.1 Å². The number of rotatable bonds is 4. The number of hydrogen-bond acceptors (Lipinski definition) is 3. The molecule has 3 N–H and O–H groups in total. The quantitative estimate of drug-likeness (QED) is 0.672. The van der Waals surface area contributed by atoms with Gasteiger partial charge in [-0.25, -0.2) is 5.43 Å². The van der Waals surface area contributed by atoms with Crippen molar-refractivity contribution in [2.45, 2.75) is 33.4 Å². The fraction of sp³-hybridized carbons (Fsp3) is 0.357. The van der Waals surface area contributed by atoms with Gasteiger partial charge in [0.25, 0.3) is 0 Å². The number of hydrogen-bond donors (Lipinski definition) is 2. The summed E-state index contributed by atoms with van der Waals surface area (Å²) in [7, 11) is 0. The molecule has 1 atom stereocenters. The number of halogens is 1. The van der Waals surface area contributed by atoms with Crippen LogP contribution in [0.2, 0.25) is 0 Å². The average Bonchev–Trinajstić information content (AvgIpc) is 2.71. The molecule has 0 bridgehead atoms. The van der Waals surface area contributed by atoms with E-state index in [1.807, 2.05) is 10.9 Å². The largest absolute Gasteiger partial charge is 0.271 e. The van der Waals surface area contributed by atoms with E-state index in [1.54, 1.807) is 0 Å². The molecule has 0 fully saturated rings. The van der Waals surface area contributed by atoms with Crippen LogP contribution in [0.4, 0.5) is 0 Å². The van der Waals surface area contributed by atoms with Crippen molar-refractivity contribution in [3.8, 4) is 0 Å². The number of aromatic nitrogens is 2. The molecule has 1 unspecified atom stereocenters. The predicted octanol–water partition coefficient (Wildman–Crippen LogP) is 2.84. The Morgan fingerprint density at radius 3 is 2.47 bits per heavy atom. The summed E-state index contributed by atoms with van der Waals surface area (Å²) in [5.74, 6) is 5.78. The molecule has 1 heterocycles. The van der Waals surface area contributed by atoms with Crippen molar-refractivity contribution in [1.82, 2.24) is 15.2 Å². The van der Waals surface area contributed by atoms with Crippen molar-refractivity contribution in [2.75, 3.05) is 0 Å². The lowest BCUT2D eigenvalue weighted by molar-refractivity contribution is 0.541. The first-order chi connectivity index (χ1) is 9.06. The monoisotopic (exact) mass is 322 g/mol. The summed E-state index contributed by atoms with van der Waals surface area (Å²) in [6.07, 6.45) is 1.81. The van der Waals surface area contributed by atoms with E-state index in [2.05, 4.69) is 65.4 Å². The van der Waals surface area contributed by atoms with Crippen LogP contribution in [0.15, 0.2) is 28.9 Å². The highest BCUT2D eigenvalue weighted by atomic mass is 79.9. The van der Waals surface area contributed by atoms with Crippen molar-refractivity contribution in [2.24, 2.45) is 5.84 Å². The lowest BCUT2D eigenvalue weighted by Gasteiger charge is -2.19. The molecule has 2 rings (SSSR count). The molecule has 1 aromatic heterocycles. The van der Waals surface area contributed by atoms with Gasteiger partial charge in [0.1, 0.15) is 0 Å². The lowest BCUT2D eigenvalue weighted by Crippen LogP contribution is -2.31. The topological polar surface area (TPSA) is 55.9 Å². The number of nitrogens with zero attached hydrogens (tertiary/aromatic N) is 2. The van der Waals surface area contributed by atoms with Gasteiger partial charge in [-0.05, 0) is 42.3 Å². The molecule has 102 valence electrons. The number of aryl methyl sites for hydroxylation is 3. The summed E-state index contributed by atoms with van der Waals surface area (Å²) in [5, 5.41) is 4.35. The van der Waals surface area contributed by atoms with Crippen LogP contribution in [0.25, 0.3) is 0 Å². The molecule has 0 saturated carbocycles. The summed E-state index contributed by atoms with van der Waals surface area (Å²) in [6, 6.07) is 6.38. The first kappa shape index (κ1) is 14.2. The first-order valence-corrected chi connectivity index (χ1v) is 7.11. The predicted molar refractivity (Wildman–Crippen MR) is 80.7 cm³/mol. The van der Waals surface area contributed by atoms with Gasteiger partial charge < -0.3 is 0 Å². The van der Waals surface area contributed by atoms with Crippen molar-refractivity contribution in [1.29, 1.82) is 0 Å². The lowest BCUT2D eigenvalue weighted by atomic mass is 9.99. The average molecular weight is 323 g/mol. The van der Waals surface area contributed by atoms with Crippen molar-refractivity contribution < 1.29 is 0 Å². The first-order valence-electron chi connectivity index (χ1n) is 6.32. The summed E-state index contributed by atoms with van der Waals surface area (Å²) >= 11 is 3.55. The molecule has 0 radical (unpaired) electrons. The highest BCUT2D eigenvalue weighted by Crippen LogP contribution is 2.29. The van der Waals surface area contributed by atoms with Gasteiger partial charge in [0.15, 0.2) is 0 Å². The number of nitrogens with two attached hydrogens (primary N) is 1. The minimum atomic E-state index is -0.0737. The molecule has 1 aromatic carbocycles. The maximum absolute atomic E-state index is 5.78. The fourth-order valence-corrected chi connectivity index (χ4v) is 2.95. The van der Waals surface area contributed by atoms with E-state index >= 15 is 0 Å². The SMILES string of the molecule is CCn1ncc(Br)c1C(NN)c1cc(C)cc(C)c1. The summed E-state index contributed by atoms with van der Waals surface area (Å²) in [5.41, 5.74) is 7.56. The van der Waals surface area contributed by atoms with Crippen LogP contribution in [0, 0.1) is 13.8 Å². The van der Waals surface area contributed by atoms with Gasteiger partial charge in [-0.3, -0.25) is 10.5 Å². The second-order valence-corrected chi connectivity index (χ2v) is 5.57. The van der Waals surface area contributed by atoms with E-state index in [-0.39, 0.29) is 6.04 Å². The molecule has 0 aliphatic carbocycles. The van der Waals surface area contributed by atoms with Crippen LogP contribution < -0.4 is 11.3 Å². The fourth-order valence-electron chi connectivity index (χ4n) is 2.42. The van der Waals surface area contributed by atoms with Gasteiger partial charge in [-0.1, -0.05) is 29.3 Å². The maximum Gasteiger partial charge on any atom is 0.0890 e. The maximum atomic E-state index is 5.78. The number of benzene rings is 1. The number of hydrazine groups is 1. The van der Waals surface area contributed by atoms with E-state index in [0.29, 0.717) is 0 Å². The van der Waals surface area contributed by atoms with Crippen molar-refractivity contribution >= 4 is 15.9 Å². The van der Waals surface area contributed by atoms with Crippen molar-refractivity contribution in [3.05, 3.63) is 51.3 Å². The summed E-state index contributed by atoms with van der Waals surface area (Å²) in [6.45, 7) is 7.06. The normalized spacial score (nSPS) is 12.7. The van der Waals surface area contributed by atoms with Gasteiger partial charge in [0.05, 0.1) is 22.4 Å². The minimum absolute atomic E-state index is 0.0737. The van der Waals surface area contributed by atoms with Crippen LogP contribution >= 0.6 is 15.9 Å². The summed E-state index contributed by atoms with van der Waals surface area (Å²) < 4.78 is 2.92. The Hall–Kier alpha value is -1.17. The molecular formula is C14H19BrN4. The Balaban J connectivity index is 2.52. The van der Waals surface area contributed by atoms with Gasteiger partial charge >= 0.3 is 0 Å². The summed E-state index contributed by atoms with van der Waals surface area (Å²) in [4.78, 5) is 0. The van der Waals surface area contributed by atoms with Crippen LogP contribution in [0.5, 0.6) is 0 Å². The standard InChI is InChI=1S/C14H19BrN4/c1-4-19-14(12(15)8-17-19)13(18-16)11-6-9(2)5-10(3)7-11/h5-8,13,18H,4,16H2,1-3H3. The van der Waals surface area contributed by atoms with Crippen molar-refractivity contribution in [3.63, 3.8) is 0 Å². The third kappa shape index (κ3) is 2.88. The Morgan fingerprint density at radius 1 is 1.32 bits per heavy atom. The molecule has 0 aliphatic rings. The molecule has 0 amide bonds. The highest BCUT2D eigenvalue weighted by molar-refractivity contribution is 9.10. The van der Waals surface area contributed by atoms with E-state index in [4.69, 9.17) is 5.84 Å². The Bertz CT molecular complexity index is 557. The molecule has 0 spiro atoms. The third-order valence-corrected chi connectivity index (χ3v) is 3.76. The van der Waals surface area contributed by atoms with E-state index in [0.717, 1.165) is 22.3 Å². The molecule has 0 aliphatic heterocycles. The molecule has 4 nitrogen and oxygen atoms in total. The van der Waals surface area contributed by atoms with Gasteiger partial charge in [-0.2, -0.15) is 5.10 Å². The van der Waals surface area contributed by atoms with Gasteiger partial charge in [0.2, 0.25) is 0 Å². The van der Waals surface area contributed by atoms with Gasteiger partial charge in [0, 0.05) is 6.54 Å². The van der Waals surface area contributed by atoms with Crippen LogP contribution in [0.3, 0.4) is 0 Å². The molecule has 0 saturated heterocycles. The second kappa shape index (κ2) is 5.86. The van der Waals surface area contributed by atoms with E-state index < -0.39 is 0 Å². The third-order valence-electron chi connectivity index (χ3n) is 3.15. The van der Waals surface area contributed by atoms with Gasteiger partial charge in [-0.15, -0.1) is 0 Å². The molecular weight excluding hydrogens is 304 g/mol. The van der Waals surface area contributed by atoms with Crippen LogP contribution in [-0.2, 0) is 6.54 Å². The zero-order valence-electron chi connectivity index (χ0n) is 11.4. The number of nitrogens with one attached hydrogen (secondary N) is 1. The Kier molecular flexibility index (Phi) is 4.39. The zero-order chi connectivity index (χ0) is 14.0. The Morgan fingerprint density at radius 2 is 1.95 bits per heavy atom. The van der Waals surface area contributed by atoms with Crippen LogP contribution in [-0.4, -0.2) is 9.78 Å².